The minimum Gasteiger partial charge on any atom is -0.508 e. The van der Waals surface area contributed by atoms with Crippen LogP contribution >= 0.6 is 23.5 Å². The van der Waals surface area contributed by atoms with E-state index >= 15 is 9.59 Å². The van der Waals surface area contributed by atoms with Crippen molar-refractivity contribution in [2.24, 2.45) is 23.3 Å². The number of phenolic OH excluding ortho intramolecular Hbond substituents is 1. The largest absolute Gasteiger partial charge is 0.508 e. The molecule has 490 valence electrons. The molecule has 0 unspecified atom stereocenters. The van der Waals surface area contributed by atoms with Gasteiger partial charge in [-0.3, -0.25) is 47.9 Å². The van der Waals surface area contributed by atoms with Crippen LogP contribution in [0.3, 0.4) is 0 Å². The van der Waals surface area contributed by atoms with E-state index in [9.17, 15) is 47.9 Å². The van der Waals surface area contributed by atoms with Gasteiger partial charge in [0.2, 0.25) is 53.2 Å². The molecule has 2 saturated heterocycles. The average molecular weight is 1300 g/mol. The number of primary amides is 1. The molecule has 92 heavy (non-hydrogen) atoms. The van der Waals surface area contributed by atoms with Crippen LogP contribution in [-0.2, 0) is 85.1 Å². The number of nitrogens with zero attached hydrogens (tertiary/aromatic N) is 2. The molecule has 5 aromatic rings. The van der Waals surface area contributed by atoms with Crippen molar-refractivity contribution in [2.75, 3.05) is 37.7 Å². The number of thioether (sulfide) groups is 2. The molecule has 0 saturated carbocycles. The van der Waals surface area contributed by atoms with Gasteiger partial charge in [0.25, 0.3) is 0 Å². The summed E-state index contributed by atoms with van der Waals surface area (Å²) in [4.78, 5) is 149. The zero-order valence-electron chi connectivity index (χ0n) is 51.6. The highest BCUT2D eigenvalue weighted by molar-refractivity contribution is 7.98. The lowest BCUT2D eigenvalue weighted by Crippen LogP contribution is -2.60. The highest BCUT2D eigenvalue weighted by Crippen LogP contribution is 2.33. The number of nitrogens with two attached hydrogens (primary N) is 2. The molecule has 25 heteroatoms. The number of rotatable bonds is 10. The van der Waals surface area contributed by atoms with Crippen molar-refractivity contribution in [3.8, 4) is 5.75 Å². The molecule has 9 amide bonds. The van der Waals surface area contributed by atoms with E-state index in [-0.39, 0.29) is 69.0 Å². The van der Waals surface area contributed by atoms with E-state index in [0.717, 1.165) is 22.3 Å². The smallest absolute Gasteiger partial charge is 0.246 e. The van der Waals surface area contributed by atoms with Crippen LogP contribution in [0.25, 0.3) is 10.9 Å². The normalized spacial score (nSPS) is 24.5. The summed E-state index contributed by atoms with van der Waals surface area (Å²) in [5, 5.41) is 27.5. The Balaban J connectivity index is 0.992. The number of H-pyrrole nitrogens is 1. The molecule has 8 atom stereocenters. The number of Topliss-reactive ketones (excluding diaryl/α,β-unsaturated/α-hetero) is 1. The van der Waals surface area contributed by atoms with Gasteiger partial charge in [0.15, 0.2) is 5.78 Å². The molecule has 1 aliphatic carbocycles. The van der Waals surface area contributed by atoms with Gasteiger partial charge >= 0.3 is 0 Å². The van der Waals surface area contributed by atoms with E-state index in [1.54, 1.807) is 24.4 Å². The summed E-state index contributed by atoms with van der Waals surface area (Å²) >= 11 is 2.90. The summed E-state index contributed by atoms with van der Waals surface area (Å²) in [6.07, 6.45) is 4.56. The number of hydrogen-bond acceptors (Lipinski definition) is 14. The standard InChI is InChI=1S/C67H82FN11O11S2/c1-39-61(84)75-54(28-40-16-19-49(80)20-17-40)66(89)78-24-7-15-57(78)65(88)76-55(60(70)83)38-92-37-42-10-6-9-41(27-42)36-91-26-22-58(82)74-53(13-4-5-23-69)63(86)72-35-50(81)32-46(31-47-34-71-52-21-18-48(68)33-51(47)52)62(85)77-59(45-29-43-11-2-3-12-44(43)30-45)67(90)79-25-8-14-56(79)64(87)73-39/h2-3,6,9-12,16-21,27,33-34,39,45-46,53-57,59,71,80H,4-5,7-8,13-15,22-26,28-32,35-38,69H2,1H3,(H2,70,83)(H,72,86)(H,73,87)(H,74,82)(H,75,84)(H,76,88)(H,77,85)/t39-,46+,53-,54-,55-,56-,57-,59-/m0/s1. The van der Waals surface area contributed by atoms with E-state index in [2.05, 4.69) is 36.9 Å². The Morgan fingerprint density at radius 3 is 2.04 bits per heavy atom. The highest BCUT2D eigenvalue weighted by atomic mass is 32.2. The van der Waals surface area contributed by atoms with Gasteiger partial charge in [-0.25, -0.2) is 4.39 Å². The van der Waals surface area contributed by atoms with Gasteiger partial charge in [-0.2, -0.15) is 23.5 Å². The molecule has 3 aliphatic heterocycles. The maximum Gasteiger partial charge on any atom is 0.246 e. The Bertz CT molecular complexity index is 3490. The number of carbonyl (C=O) groups is 10. The molecule has 4 aromatic carbocycles. The minimum atomic E-state index is -1.28. The van der Waals surface area contributed by atoms with Crippen molar-refractivity contribution < 1.29 is 57.4 Å². The number of phenols is 1. The fraction of sp³-hybridized carbons (Fsp3) is 0.463. The number of hydrogen-bond donors (Lipinski definition) is 10. The van der Waals surface area contributed by atoms with Crippen molar-refractivity contribution >= 4 is 93.4 Å². The number of ketones is 1. The number of benzene rings is 4. The first-order valence-corrected chi connectivity index (χ1v) is 33.9. The van der Waals surface area contributed by atoms with Crippen LogP contribution in [0, 0.1) is 17.7 Å². The van der Waals surface area contributed by atoms with Crippen LogP contribution in [-0.4, -0.2) is 159 Å². The number of aromatic nitrogens is 1. The number of halogens is 1. The van der Waals surface area contributed by atoms with Crippen LogP contribution < -0.4 is 43.4 Å². The monoisotopic (exact) mass is 1300 g/mol. The molecule has 0 radical (unpaired) electrons. The third-order valence-electron chi connectivity index (χ3n) is 17.6. The summed E-state index contributed by atoms with van der Waals surface area (Å²) in [5.74, 6) is -6.76. The quantitative estimate of drug-likeness (QED) is 0.0896. The van der Waals surface area contributed by atoms with Crippen LogP contribution in [0.15, 0.2) is 97.2 Å². The molecule has 4 aliphatic rings. The van der Waals surface area contributed by atoms with Crippen LogP contribution in [0.2, 0.25) is 0 Å². The van der Waals surface area contributed by atoms with Gasteiger partial charge in [-0.05, 0) is 147 Å². The molecule has 9 rings (SSSR count). The minimum absolute atomic E-state index is 0.0264. The van der Waals surface area contributed by atoms with E-state index in [0.29, 0.717) is 84.4 Å². The number of unbranched alkanes of at least 4 members (excludes halogenated alkanes) is 1. The van der Waals surface area contributed by atoms with Crippen molar-refractivity contribution in [3.63, 3.8) is 0 Å². The number of aromatic amines is 1. The summed E-state index contributed by atoms with van der Waals surface area (Å²) < 4.78 is 14.8. The van der Waals surface area contributed by atoms with Crippen LogP contribution in [0.1, 0.15) is 98.1 Å². The molecule has 4 heterocycles. The summed E-state index contributed by atoms with van der Waals surface area (Å²) in [6, 6.07) is 17.7. The first kappa shape index (κ1) is 68.1. The molecule has 2 bridgehead atoms. The molecule has 12 N–H and O–H groups in total. The summed E-state index contributed by atoms with van der Waals surface area (Å²) in [5.41, 5.74) is 17.2. The van der Waals surface area contributed by atoms with Gasteiger partial charge in [0.1, 0.15) is 53.9 Å². The zero-order chi connectivity index (χ0) is 65.4. The van der Waals surface area contributed by atoms with Gasteiger partial charge in [-0.1, -0.05) is 60.7 Å². The van der Waals surface area contributed by atoms with Crippen molar-refractivity contribution in [1.82, 2.24) is 46.7 Å². The Morgan fingerprint density at radius 2 is 1.36 bits per heavy atom. The molecule has 2 fully saturated rings. The molecule has 1 aromatic heterocycles. The van der Waals surface area contributed by atoms with Gasteiger partial charge in [0.05, 0.1) is 6.54 Å². The van der Waals surface area contributed by atoms with Crippen molar-refractivity contribution in [1.29, 1.82) is 0 Å². The highest BCUT2D eigenvalue weighted by Gasteiger charge is 2.44. The maximum atomic E-state index is 15.4. The summed E-state index contributed by atoms with van der Waals surface area (Å²) in [6.45, 7) is 1.58. The van der Waals surface area contributed by atoms with E-state index in [1.165, 1.54) is 64.5 Å². The third-order valence-corrected chi connectivity index (χ3v) is 19.7. The first-order chi connectivity index (χ1) is 44.3. The van der Waals surface area contributed by atoms with Crippen LogP contribution in [0.5, 0.6) is 5.75 Å². The zero-order valence-corrected chi connectivity index (χ0v) is 53.2. The number of amides is 9. The van der Waals surface area contributed by atoms with Gasteiger partial charge < -0.3 is 63.3 Å². The molecular formula is C67H82FN11O11S2. The van der Waals surface area contributed by atoms with Crippen molar-refractivity contribution in [2.45, 2.75) is 144 Å². The molecular weight excluding hydrogens is 1220 g/mol. The average Bonchev–Trinajstić information content (AvgIpc) is 2.06. The lowest BCUT2D eigenvalue weighted by molar-refractivity contribution is -0.144. The number of fused-ring (bicyclic) bond motifs is 6. The fourth-order valence-electron chi connectivity index (χ4n) is 12.7. The predicted molar refractivity (Wildman–Crippen MR) is 348 cm³/mol. The number of carbonyl (C=O) groups excluding carboxylic acids is 10. The first-order valence-electron chi connectivity index (χ1n) is 31.6. The van der Waals surface area contributed by atoms with Crippen LogP contribution in [0.4, 0.5) is 4.39 Å². The number of aromatic hydroxyl groups is 1. The SMILES string of the molecule is C[C@@H]1NC(=O)[C@@H]2CCCN2C(=O)[C@H](C2Cc3ccccc3C2)NC(=O)[C@H](Cc2c[nH]c3ccc(F)cc23)CC(=O)CNC(=O)[C@H](CCCCN)NC(=O)CCSCc2cccc(c2)CSC[C@@H](C(N)=O)NC(=O)[C@@H]2CCCN2C(=O)[C@H](Cc2ccc(O)cc2)NC1=O. The fourth-order valence-corrected chi connectivity index (χ4v) is 14.6. The predicted octanol–water partition coefficient (Wildman–Crippen LogP) is 3.51. The second-order valence-electron chi connectivity index (χ2n) is 24.3. The lowest BCUT2D eigenvalue weighted by Gasteiger charge is -2.33. The van der Waals surface area contributed by atoms with Gasteiger partial charge in [-0.15, -0.1) is 0 Å². The molecule has 22 nitrogen and oxygen atoms in total. The second kappa shape index (κ2) is 32.3. The Morgan fingerprint density at radius 1 is 0.685 bits per heavy atom. The number of nitrogens with one attached hydrogen (secondary N) is 7. The molecule has 0 spiro atoms. The van der Waals surface area contributed by atoms with E-state index < -0.39 is 126 Å². The Labute approximate surface area is 542 Å². The Hall–Kier alpha value is -8.29. The lowest BCUT2D eigenvalue weighted by atomic mass is 9.90. The van der Waals surface area contributed by atoms with E-state index in [1.807, 2.05) is 48.5 Å². The maximum absolute atomic E-state index is 15.4. The topological polar surface area (TPSA) is 337 Å². The van der Waals surface area contributed by atoms with Crippen molar-refractivity contribution in [3.05, 3.63) is 136 Å². The third kappa shape index (κ3) is 18.1. The van der Waals surface area contributed by atoms with Gasteiger partial charge in [0, 0.05) is 78.4 Å². The Kier molecular flexibility index (Phi) is 23.9. The van der Waals surface area contributed by atoms with E-state index in [4.69, 9.17) is 11.5 Å². The second-order valence-corrected chi connectivity index (χ2v) is 26.5. The summed E-state index contributed by atoms with van der Waals surface area (Å²) in [7, 11) is 0.